The Hall–Kier alpha value is -1.52. The highest BCUT2D eigenvalue weighted by Gasteiger charge is 2.10. The predicted molar refractivity (Wildman–Crippen MR) is 74.5 cm³/mol. The number of ether oxygens (including phenoxy) is 1. The van der Waals surface area contributed by atoms with E-state index in [4.69, 9.17) is 16.3 Å². The molecule has 0 aliphatic rings. The zero-order valence-electron chi connectivity index (χ0n) is 11.0. The SMILES string of the molecule is Cc1nccn1CCOc1ccc(Cl)cc1[C@@H](C)O. The molecule has 102 valence electrons. The molecule has 0 bridgehead atoms. The van der Waals surface area contributed by atoms with E-state index in [0.29, 0.717) is 29.5 Å². The summed E-state index contributed by atoms with van der Waals surface area (Å²) in [5.74, 6) is 1.62. The number of nitrogens with zero attached hydrogens (tertiary/aromatic N) is 2. The van der Waals surface area contributed by atoms with E-state index in [0.717, 1.165) is 5.82 Å². The second-order valence-corrected chi connectivity index (χ2v) is 4.81. The average Bonchev–Trinajstić information content (AvgIpc) is 2.77. The molecule has 1 aromatic heterocycles. The number of hydrogen-bond acceptors (Lipinski definition) is 3. The number of rotatable bonds is 5. The molecular weight excluding hydrogens is 264 g/mol. The van der Waals surface area contributed by atoms with E-state index >= 15 is 0 Å². The van der Waals surface area contributed by atoms with Gasteiger partial charge in [0.2, 0.25) is 0 Å². The van der Waals surface area contributed by atoms with Crippen LogP contribution in [0.25, 0.3) is 0 Å². The van der Waals surface area contributed by atoms with E-state index in [1.54, 1.807) is 31.3 Å². The fraction of sp³-hybridized carbons (Fsp3) is 0.357. The minimum absolute atomic E-state index is 0.512. The maximum atomic E-state index is 9.70. The first-order chi connectivity index (χ1) is 9.08. The summed E-state index contributed by atoms with van der Waals surface area (Å²) in [4.78, 5) is 4.15. The number of aryl methyl sites for hydroxylation is 1. The fourth-order valence-corrected chi connectivity index (χ4v) is 2.05. The van der Waals surface area contributed by atoms with Gasteiger partial charge in [-0.25, -0.2) is 4.98 Å². The molecule has 0 amide bonds. The van der Waals surface area contributed by atoms with Crippen LogP contribution in [0.3, 0.4) is 0 Å². The molecular formula is C14H17ClN2O2. The van der Waals surface area contributed by atoms with Crippen molar-refractivity contribution >= 4 is 11.6 Å². The molecule has 0 aliphatic carbocycles. The summed E-state index contributed by atoms with van der Waals surface area (Å²) in [5, 5.41) is 10.3. The van der Waals surface area contributed by atoms with E-state index in [1.807, 2.05) is 17.7 Å². The molecule has 1 heterocycles. The van der Waals surface area contributed by atoms with Gasteiger partial charge >= 0.3 is 0 Å². The van der Waals surface area contributed by atoms with E-state index in [1.165, 1.54) is 0 Å². The Bertz CT molecular complexity index is 552. The molecule has 0 saturated carbocycles. The molecule has 19 heavy (non-hydrogen) atoms. The highest BCUT2D eigenvalue weighted by atomic mass is 35.5. The van der Waals surface area contributed by atoms with Crippen LogP contribution in [0.5, 0.6) is 5.75 Å². The van der Waals surface area contributed by atoms with Crippen LogP contribution >= 0.6 is 11.6 Å². The maximum Gasteiger partial charge on any atom is 0.125 e. The van der Waals surface area contributed by atoms with Crippen molar-refractivity contribution < 1.29 is 9.84 Å². The lowest BCUT2D eigenvalue weighted by molar-refractivity contribution is 0.190. The van der Waals surface area contributed by atoms with Crippen molar-refractivity contribution in [2.75, 3.05) is 6.61 Å². The van der Waals surface area contributed by atoms with Gasteiger partial charge in [-0.05, 0) is 32.0 Å². The first kappa shape index (κ1) is 13.9. The standard InChI is InChI=1S/C14H17ClN2O2/c1-10(18)13-9-12(15)3-4-14(13)19-8-7-17-6-5-16-11(17)2/h3-6,9-10,18H,7-8H2,1-2H3/t10-/m1/s1. The zero-order chi connectivity index (χ0) is 13.8. The second kappa shape index (κ2) is 6.08. The molecule has 1 N–H and O–H groups in total. The Morgan fingerprint density at radius 1 is 1.47 bits per heavy atom. The van der Waals surface area contributed by atoms with Crippen LogP contribution in [-0.4, -0.2) is 21.3 Å². The third-order valence-electron chi connectivity index (χ3n) is 2.94. The van der Waals surface area contributed by atoms with Gasteiger partial charge in [0.05, 0.1) is 12.6 Å². The van der Waals surface area contributed by atoms with Crippen LogP contribution in [-0.2, 0) is 6.54 Å². The van der Waals surface area contributed by atoms with Crippen molar-refractivity contribution in [3.05, 3.63) is 47.0 Å². The Labute approximate surface area is 117 Å². The van der Waals surface area contributed by atoms with Crippen LogP contribution in [0.4, 0.5) is 0 Å². The molecule has 4 nitrogen and oxygen atoms in total. The molecule has 1 atom stereocenters. The van der Waals surface area contributed by atoms with E-state index < -0.39 is 6.10 Å². The smallest absolute Gasteiger partial charge is 0.125 e. The Kier molecular flexibility index (Phi) is 4.45. The number of hydrogen-bond donors (Lipinski definition) is 1. The van der Waals surface area contributed by atoms with E-state index in [2.05, 4.69) is 4.98 Å². The number of benzene rings is 1. The van der Waals surface area contributed by atoms with E-state index in [-0.39, 0.29) is 0 Å². The molecule has 0 spiro atoms. The highest BCUT2D eigenvalue weighted by Crippen LogP contribution is 2.28. The van der Waals surface area contributed by atoms with Gasteiger partial charge < -0.3 is 14.4 Å². The molecule has 0 radical (unpaired) electrons. The first-order valence-corrected chi connectivity index (χ1v) is 6.54. The summed E-state index contributed by atoms with van der Waals surface area (Å²) in [6.07, 6.45) is 3.07. The van der Waals surface area contributed by atoms with Crippen LogP contribution in [0.2, 0.25) is 5.02 Å². The topological polar surface area (TPSA) is 47.3 Å². The Morgan fingerprint density at radius 3 is 2.89 bits per heavy atom. The van der Waals surface area contributed by atoms with Crippen LogP contribution in [0.15, 0.2) is 30.6 Å². The lowest BCUT2D eigenvalue weighted by Crippen LogP contribution is -2.10. The van der Waals surface area contributed by atoms with Crippen molar-refractivity contribution in [2.24, 2.45) is 0 Å². The monoisotopic (exact) mass is 280 g/mol. The predicted octanol–water partition coefficient (Wildman–Crippen LogP) is 2.98. The number of imidazole rings is 1. The minimum atomic E-state index is -0.608. The summed E-state index contributed by atoms with van der Waals surface area (Å²) in [7, 11) is 0. The summed E-state index contributed by atoms with van der Waals surface area (Å²) >= 11 is 5.92. The third kappa shape index (κ3) is 3.49. The van der Waals surface area contributed by atoms with Gasteiger partial charge in [0.15, 0.2) is 0 Å². The Balaban J connectivity index is 2.01. The third-order valence-corrected chi connectivity index (χ3v) is 3.17. The minimum Gasteiger partial charge on any atom is -0.491 e. The average molecular weight is 281 g/mol. The van der Waals surface area contributed by atoms with Gasteiger partial charge in [-0.1, -0.05) is 11.6 Å². The van der Waals surface area contributed by atoms with Gasteiger partial charge in [-0.3, -0.25) is 0 Å². The summed E-state index contributed by atoms with van der Waals surface area (Å²) < 4.78 is 7.73. The lowest BCUT2D eigenvalue weighted by atomic mass is 10.1. The van der Waals surface area contributed by atoms with Gasteiger partial charge in [-0.15, -0.1) is 0 Å². The number of aromatic nitrogens is 2. The summed E-state index contributed by atoms with van der Waals surface area (Å²) in [5.41, 5.74) is 0.704. The first-order valence-electron chi connectivity index (χ1n) is 6.16. The summed E-state index contributed by atoms with van der Waals surface area (Å²) in [6, 6.07) is 5.26. The van der Waals surface area contributed by atoms with Gasteiger partial charge in [0.25, 0.3) is 0 Å². The molecule has 0 saturated heterocycles. The Morgan fingerprint density at radius 2 is 2.26 bits per heavy atom. The number of aliphatic hydroxyl groups is 1. The van der Waals surface area contributed by atoms with Gasteiger partial charge in [0.1, 0.15) is 18.2 Å². The zero-order valence-corrected chi connectivity index (χ0v) is 11.8. The van der Waals surface area contributed by atoms with Gasteiger partial charge in [0, 0.05) is 23.0 Å². The van der Waals surface area contributed by atoms with Crippen molar-refractivity contribution in [2.45, 2.75) is 26.5 Å². The lowest BCUT2D eigenvalue weighted by Gasteiger charge is -2.14. The molecule has 0 unspecified atom stereocenters. The quantitative estimate of drug-likeness (QED) is 0.916. The molecule has 1 aromatic carbocycles. The van der Waals surface area contributed by atoms with Crippen molar-refractivity contribution in [1.82, 2.24) is 9.55 Å². The second-order valence-electron chi connectivity index (χ2n) is 4.37. The van der Waals surface area contributed by atoms with Crippen LogP contribution in [0.1, 0.15) is 24.4 Å². The van der Waals surface area contributed by atoms with Gasteiger partial charge in [-0.2, -0.15) is 0 Å². The summed E-state index contributed by atoms with van der Waals surface area (Å²) in [6.45, 7) is 4.87. The van der Waals surface area contributed by atoms with Crippen molar-refractivity contribution in [1.29, 1.82) is 0 Å². The molecule has 2 rings (SSSR count). The fourth-order valence-electron chi connectivity index (χ4n) is 1.87. The molecule has 0 fully saturated rings. The molecule has 2 aromatic rings. The number of aliphatic hydroxyl groups excluding tert-OH is 1. The largest absolute Gasteiger partial charge is 0.491 e. The van der Waals surface area contributed by atoms with E-state index in [9.17, 15) is 5.11 Å². The molecule has 5 heteroatoms. The number of halogens is 1. The van der Waals surface area contributed by atoms with Crippen LogP contribution in [0, 0.1) is 6.92 Å². The highest BCUT2D eigenvalue weighted by molar-refractivity contribution is 6.30. The van der Waals surface area contributed by atoms with Crippen molar-refractivity contribution in [3.63, 3.8) is 0 Å². The normalized spacial score (nSPS) is 12.4. The maximum absolute atomic E-state index is 9.70. The molecule has 0 aliphatic heterocycles. The van der Waals surface area contributed by atoms with Crippen LogP contribution < -0.4 is 4.74 Å². The van der Waals surface area contributed by atoms with Crippen molar-refractivity contribution in [3.8, 4) is 5.75 Å².